The van der Waals surface area contributed by atoms with Crippen LogP contribution < -0.4 is 10.1 Å². The summed E-state index contributed by atoms with van der Waals surface area (Å²) in [7, 11) is 1.37. The van der Waals surface area contributed by atoms with E-state index in [0.717, 1.165) is 5.56 Å². The molecular weight excluding hydrogens is 299 g/mol. The normalized spacial score (nSPS) is 10.2. The summed E-state index contributed by atoms with van der Waals surface area (Å²) in [5, 5.41) is 13.9. The fraction of sp³-hybridized carbons (Fsp3) is 0.143. The number of methoxy groups -OCH3 is 1. The van der Waals surface area contributed by atoms with E-state index in [9.17, 15) is 14.5 Å². The molecule has 0 heterocycles. The van der Waals surface area contributed by atoms with Gasteiger partial charge in [0.25, 0.3) is 0 Å². The highest BCUT2D eigenvalue weighted by atomic mass is 35.5. The third-order valence-corrected chi connectivity index (χ3v) is 3.15. The lowest BCUT2D eigenvalue weighted by Gasteiger charge is -2.09. The zero-order chi connectivity index (χ0) is 15.4. The van der Waals surface area contributed by atoms with Crippen LogP contribution >= 0.6 is 11.6 Å². The molecule has 0 saturated heterocycles. The van der Waals surface area contributed by atoms with Crippen LogP contribution in [-0.4, -0.2) is 12.0 Å². The second-order valence-electron chi connectivity index (χ2n) is 4.25. The molecule has 0 atom stereocenters. The number of hydrogen-bond acceptors (Lipinski definition) is 4. The van der Waals surface area contributed by atoms with Gasteiger partial charge in [-0.05, 0) is 23.8 Å². The van der Waals surface area contributed by atoms with Gasteiger partial charge < -0.3 is 10.1 Å². The van der Waals surface area contributed by atoms with Crippen molar-refractivity contribution in [1.29, 1.82) is 0 Å². The Labute approximate surface area is 125 Å². The van der Waals surface area contributed by atoms with E-state index in [1.165, 1.54) is 31.4 Å². The molecule has 0 radical (unpaired) electrons. The van der Waals surface area contributed by atoms with E-state index in [1.807, 2.05) is 0 Å². The molecule has 0 fully saturated rings. The summed E-state index contributed by atoms with van der Waals surface area (Å²) < 4.78 is 18.0. The largest absolute Gasteiger partial charge is 0.490 e. The molecule has 5 nitrogen and oxygen atoms in total. The van der Waals surface area contributed by atoms with E-state index >= 15 is 0 Å². The first-order valence-corrected chi connectivity index (χ1v) is 6.39. The number of benzene rings is 2. The minimum Gasteiger partial charge on any atom is -0.490 e. The Morgan fingerprint density at radius 3 is 2.71 bits per heavy atom. The highest BCUT2D eigenvalue weighted by Gasteiger charge is 2.14. The molecule has 110 valence electrons. The Morgan fingerprint density at radius 1 is 1.33 bits per heavy atom. The highest BCUT2D eigenvalue weighted by molar-refractivity contribution is 6.30. The zero-order valence-electron chi connectivity index (χ0n) is 11.1. The van der Waals surface area contributed by atoms with Gasteiger partial charge in [-0.2, -0.15) is 0 Å². The molecule has 7 heteroatoms. The fourth-order valence-electron chi connectivity index (χ4n) is 1.79. The van der Waals surface area contributed by atoms with Gasteiger partial charge in [-0.1, -0.05) is 17.7 Å². The number of rotatable bonds is 5. The van der Waals surface area contributed by atoms with Crippen molar-refractivity contribution in [2.75, 3.05) is 12.4 Å². The first-order valence-electron chi connectivity index (χ1n) is 6.01. The predicted molar refractivity (Wildman–Crippen MR) is 78.4 cm³/mol. The van der Waals surface area contributed by atoms with Crippen molar-refractivity contribution in [2.45, 2.75) is 6.54 Å². The van der Waals surface area contributed by atoms with Gasteiger partial charge in [0.2, 0.25) is 0 Å². The maximum atomic E-state index is 13.0. The van der Waals surface area contributed by atoms with E-state index in [4.69, 9.17) is 16.3 Å². The number of nitro groups is 1. The summed E-state index contributed by atoms with van der Waals surface area (Å²) in [6, 6.07) is 8.88. The van der Waals surface area contributed by atoms with Crippen molar-refractivity contribution in [2.24, 2.45) is 0 Å². The van der Waals surface area contributed by atoms with Gasteiger partial charge in [0.15, 0.2) is 5.75 Å². The molecule has 0 aliphatic carbocycles. The molecule has 0 unspecified atom stereocenters. The Kier molecular flexibility index (Phi) is 4.59. The van der Waals surface area contributed by atoms with E-state index in [0.29, 0.717) is 12.2 Å². The van der Waals surface area contributed by atoms with Crippen molar-refractivity contribution in [3.63, 3.8) is 0 Å². The standard InChI is InChI=1S/C14H12ClFN2O3/c1-21-14-7-10(3-5-13(14)18(19)20)17-8-9-2-4-12(16)11(15)6-9/h2-7,17H,8H2,1H3. The average Bonchev–Trinajstić information content (AvgIpc) is 2.48. The maximum Gasteiger partial charge on any atom is 0.311 e. The molecule has 0 aromatic heterocycles. The highest BCUT2D eigenvalue weighted by Crippen LogP contribution is 2.29. The van der Waals surface area contributed by atoms with Crippen LogP contribution in [0.4, 0.5) is 15.8 Å². The molecule has 2 aromatic carbocycles. The first kappa shape index (κ1) is 15.1. The van der Waals surface area contributed by atoms with Crippen LogP contribution in [0.2, 0.25) is 5.02 Å². The lowest BCUT2D eigenvalue weighted by Crippen LogP contribution is -2.01. The molecular formula is C14H12ClFN2O3. The smallest absolute Gasteiger partial charge is 0.311 e. The summed E-state index contributed by atoms with van der Waals surface area (Å²) in [5.41, 5.74) is 1.34. The topological polar surface area (TPSA) is 64.4 Å². The second-order valence-corrected chi connectivity index (χ2v) is 4.65. The number of anilines is 1. The minimum absolute atomic E-state index is 0.0515. The van der Waals surface area contributed by atoms with Crippen molar-refractivity contribution in [3.05, 3.63) is 62.9 Å². The van der Waals surface area contributed by atoms with Crippen LogP contribution in [0.1, 0.15) is 5.56 Å². The van der Waals surface area contributed by atoms with Crippen LogP contribution in [0.5, 0.6) is 5.75 Å². The molecule has 0 spiro atoms. The third-order valence-electron chi connectivity index (χ3n) is 2.86. The molecule has 2 aromatic rings. The third kappa shape index (κ3) is 3.61. The maximum absolute atomic E-state index is 13.0. The van der Waals surface area contributed by atoms with Crippen LogP contribution in [0.25, 0.3) is 0 Å². The Morgan fingerprint density at radius 2 is 2.10 bits per heavy atom. The summed E-state index contributed by atoms with van der Waals surface area (Å²) in [4.78, 5) is 10.3. The number of nitrogens with one attached hydrogen (secondary N) is 1. The van der Waals surface area contributed by atoms with E-state index in [2.05, 4.69) is 5.32 Å². The van der Waals surface area contributed by atoms with Gasteiger partial charge >= 0.3 is 5.69 Å². The molecule has 2 rings (SSSR count). The van der Waals surface area contributed by atoms with E-state index < -0.39 is 10.7 Å². The number of nitrogens with zero attached hydrogens (tertiary/aromatic N) is 1. The summed E-state index contributed by atoms with van der Waals surface area (Å²) in [5.74, 6) is -0.306. The van der Waals surface area contributed by atoms with Crippen molar-refractivity contribution >= 4 is 23.0 Å². The zero-order valence-corrected chi connectivity index (χ0v) is 11.9. The van der Waals surface area contributed by atoms with Gasteiger partial charge in [-0.25, -0.2) is 4.39 Å². The van der Waals surface area contributed by atoms with Crippen LogP contribution in [0.3, 0.4) is 0 Å². The summed E-state index contributed by atoms with van der Waals surface area (Å²) >= 11 is 5.70. The first-order chi connectivity index (χ1) is 10.0. The predicted octanol–water partition coefficient (Wildman–Crippen LogP) is 4.01. The number of hydrogen-bond donors (Lipinski definition) is 1. The molecule has 0 bridgehead atoms. The average molecular weight is 311 g/mol. The monoisotopic (exact) mass is 310 g/mol. The summed E-state index contributed by atoms with van der Waals surface area (Å²) in [6.07, 6.45) is 0. The molecule has 1 N–H and O–H groups in total. The summed E-state index contributed by atoms with van der Waals surface area (Å²) in [6.45, 7) is 0.404. The Balaban J connectivity index is 2.13. The van der Waals surface area contributed by atoms with Gasteiger partial charge in [0.1, 0.15) is 5.82 Å². The van der Waals surface area contributed by atoms with Crippen LogP contribution in [0.15, 0.2) is 36.4 Å². The Bertz CT molecular complexity index is 679. The van der Waals surface area contributed by atoms with Crippen LogP contribution in [0, 0.1) is 15.9 Å². The molecule has 0 aliphatic heterocycles. The quantitative estimate of drug-likeness (QED) is 0.669. The van der Waals surface area contributed by atoms with Gasteiger partial charge in [-0.3, -0.25) is 10.1 Å². The molecule has 0 amide bonds. The van der Waals surface area contributed by atoms with Gasteiger partial charge in [0.05, 0.1) is 17.1 Å². The lowest BCUT2D eigenvalue weighted by atomic mass is 10.2. The second kappa shape index (κ2) is 6.41. The fourth-order valence-corrected chi connectivity index (χ4v) is 2.00. The van der Waals surface area contributed by atoms with E-state index in [1.54, 1.807) is 12.1 Å². The number of ether oxygens (including phenoxy) is 1. The SMILES string of the molecule is COc1cc(NCc2ccc(F)c(Cl)c2)ccc1[N+](=O)[O-]. The Hall–Kier alpha value is -2.34. The van der Waals surface area contributed by atoms with Gasteiger partial charge in [0, 0.05) is 24.4 Å². The van der Waals surface area contributed by atoms with Crippen molar-refractivity contribution in [3.8, 4) is 5.75 Å². The molecule has 0 aliphatic rings. The van der Waals surface area contributed by atoms with Gasteiger partial charge in [-0.15, -0.1) is 0 Å². The molecule has 0 saturated carbocycles. The lowest BCUT2D eigenvalue weighted by molar-refractivity contribution is -0.385. The van der Waals surface area contributed by atoms with Crippen molar-refractivity contribution in [1.82, 2.24) is 0 Å². The van der Waals surface area contributed by atoms with Crippen molar-refractivity contribution < 1.29 is 14.1 Å². The van der Waals surface area contributed by atoms with E-state index in [-0.39, 0.29) is 16.5 Å². The van der Waals surface area contributed by atoms with Crippen LogP contribution in [-0.2, 0) is 6.54 Å². The molecule has 21 heavy (non-hydrogen) atoms. The number of nitro benzene ring substituents is 1. The number of halogens is 2. The minimum atomic E-state index is -0.512.